The Balaban J connectivity index is 1.27. The summed E-state index contributed by atoms with van der Waals surface area (Å²) in [4.78, 5) is 25.6. The monoisotopic (exact) mass is 379 g/mol. The number of para-hydroxylation sites is 1. The maximum absolute atomic E-state index is 12.9. The van der Waals surface area contributed by atoms with E-state index in [9.17, 15) is 9.18 Å². The highest BCUT2D eigenvalue weighted by molar-refractivity contribution is 5.94. The van der Waals surface area contributed by atoms with E-state index in [1.54, 1.807) is 12.4 Å². The number of anilines is 1. The standard InChI is InChI=1S/C21H22FN5O/c22-17-6-4-16(5-7-17)21(28)25-10-11-26-12-14-27(15-13-26)19-3-1-2-18-20(19)24-9-8-23-18/h1-9H,10-15H2,(H,25,28). The number of fused-ring (bicyclic) bond motifs is 1. The second-order valence-corrected chi connectivity index (χ2v) is 6.79. The van der Waals surface area contributed by atoms with Gasteiger partial charge in [0, 0.05) is 57.2 Å². The lowest BCUT2D eigenvalue weighted by Gasteiger charge is -2.36. The van der Waals surface area contributed by atoms with Crippen molar-refractivity contribution >= 4 is 22.6 Å². The van der Waals surface area contributed by atoms with E-state index in [4.69, 9.17) is 0 Å². The fraction of sp³-hybridized carbons (Fsp3) is 0.286. The van der Waals surface area contributed by atoms with Crippen LogP contribution >= 0.6 is 0 Å². The third-order valence-electron chi connectivity index (χ3n) is 5.01. The number of carbonyl (C=O) groups is 1. The molecule has 6 nitrogen and oxygen atoms in total. The van der Waals surface area contributed by atoms with Crippen molar-refractivity contribution in [3.8, 4) is 0 Å². The summed E-state index contributed by atoms with van der Waals surface area (Å²) in [6, 6.07) is 11.7. The van der Waals surface area contributed by atoms with E-state index >= 15 is 0 Å². The number of aromatic nitrogens is 2. The molecule has 1 fully saturated rings. The predicted molar refractivity (Wildman–Crippen MR) is 107 cm³/mol. The number of carbonyl (C=O) groups excluding carboxylic acids is 1. The minimum Gasteiger partial charge on any atom is -0.367 e. The number of hydrogen-bond acceptors (Lipinski definition) is 5. The molecule has 144 valence electrons. The molecule has 0 unspecified atom stereocenters. The molecule has 3 aromatic rings. The summed E-state index contributed by atoms with van der Waals surface area (Å²) < 4.78 is 12.9. The lowest BCUT2D eigenvalue weighted by molar-refractivity contribution is 0.0947. The second-order valence-electron chi connectivity index (χ2n) is 6.79. The molecule has 0 aliphatic carbocycles. The second kappa shape index (κ2) is 8.31. The minimum absolute atomic E-state index is 0.173. The van der Waals surface area contributed by atoms with E-state index in [1.165, 1.54) is 24.3 Å². The number of amides is 1. The molecule has 0 radical (unpaired) electrons. The molecule has 0 saturated carbocycles. The van der Waals surface area contributed by atoms with E-state index in [1.807, 2.05) is 12.1 Å². The van der Waals surface area contributed by atoms with Gasteiger partial charge in [-0.2, -0.15) is 0 Å². The molecular formula is C21H22FN5O. The van der Waals surface area contributed by atoms with E-state index in [0.717, 1.165) is 49.4 Å². The zero-order chi connectivity index (χ0) is 19.3. The molecule has 0 atom stereocenters. The van der Waals surface area contributed by atoms with Crippen LogP contribution in [-0.4, -0.2) is 60.0 Å². The van der Waals surface area contributed by atoms with Crippen LogP contribution in [0.15, 0.2) is 54.9 Å². The average Bonchev–Trinajstić information content (AvgIpc) is 2.74. The summed E-state index contributed by atoms with van der Waals surface area (Å²) in [7, 11) is 0. The van der Waals surface area contributed by atoms with E-state index in [2.05, 4.69) is 31.2 Å². The van der Waals surface area contributed by atoms with Crippen LogP contribution in [0.5, 0.6) is 0 Å². The number of piperazine rings is 1. The van der Waals surface area contributed by atoms with E-state index < -0.39 is 0 Å². The van der Waals surface area contributed by atoms with Gasteiger partial charge in [0.05, 0.1) is 11.2 Å². The van der Waals surface area contributed by atoms with Gasteiger partial charge >= 0.3 is 0 Å². The van der Waals surface area contributed by atoms with Gasteiger partial charge in [-0.05, 0) is 36.4 Å². The summed E-state index contributed by atoms with van der Waals surface area (Å²) in [5.41, 5.74) is 3.44. The van der Waals surface area contributed by atoms with Gasteiger partial charge in [-0.3, -0.25) is 19.7 Å². The summed E-state index contributed by atoms with van der Waals surface area (Å²) >= 11 is 0. The number of nitrogens with one attached hydrogen (secondary N) is 1. The first-order valence-corrected chi connectivity index (χ1v) is 9.41. The molecule has 1 N–H and O–H groups in total. The molecule has 4 rings (SSSR count). The van der Waals surface area contributed by atoms with Gasteiger partial charge in [0.25, 0.3) is 5.91 Å². The third kappa shape index (κ3) is 4.09. The summed E-state index contributed by atoms with van der Waals surface area (Å²) in [5.74, 6) is -0.514. The third-order valence-corrected chi connectivity index (χ3v) is 5.01. The number of nitrogens with zero attached hydrogens (tertiary/aromatic N) is 4. The van der Waals surface area contributed by atoms with Crippen LogP contribution in [0.4, 0.5) is 10.1 Å². The zero-order valence-corrected chi connectivity index (χ0v) is 15.5. The highest BCUT2D eigenvalue weighted by Gasteiger charge is 2.19. The predicted octanol–water partition coefficient (Wildman–Crippen LogP) is 2.32. The Kier molecular flexibility index (Phi) is 5.43. The van der Waals surface area contributed by atoms with Gasteiger partial charge in [-0.25, -0.2) is 4.39 Å². The lowest BCUT2D eigenvalue weighted by atomic mass is 10.2. The molecule has 2 heterocycles. The summed E-state index contributed by atoms with van der Waals surface area (Å²) in [6.07, 6.45) is 3.44. The molecule has 28 heavy (non-hydrogen) atoms. The molecule has 0 bridgehead atoms. The maximum atomic E-state index is 12.9. The summed E-state index contributed by atoms with van der Waals surface area (Å²) in [6.45, 7) is 5.00. The van der Waals surface area contributed by atoms with Crippen LogP contribution in [0, 0.1) is 5.82 Å². The number of halogens is 1. The van der Waals surface area contributed by atoms with Crippen LogP contribution in [0.25, 0.3) is 11.0 Å². The van der Waals surface area contributed by atoms with Gasteiger partial charge in [0.2, 0.25) is 0 Å². The highest BCUT2D eigenvalue weighted by Crippen LogP contribution is 2.24. The molecule has 1 saturated heterocycles. The fourth-order valence-electron chi connectivity index (χ4n) is 3.48. The van der Waals surface area contributed by atoms with Gasteiger partial charge in [0.1, 0.15) is 11.3 Å². The number of benzene rings is 2. The van der Waals surface area contributed by atoms with Crippen molar-refractivity contribution in [3.05, 3.63) is 66.2 Å². The molecular weight excluding hydrogens is 357 g/mol. The Bertz CT molecular complexity index is 949. The molecule has 7 heteroatoms. The maximum Gasteiger partial charge on any atom is 0.251 e. The molecule has 0 spiro atoms. The van der Waals surface area contributed by atoms with E-state index in [-0.39, 0.29) is 11.7 Å². The van der Waals surface area contributed by atoms with Crippen LogP contribution in [0.2, 0.25) is 0 Å². The van der Waals surface area contributed by atoms with Crippen LogP contribution < -0.4 is 10.2 Å². The van der Waals surface area contributed by atoms with Gasteiger partial charge in [-0.15, -0.1) is 0 Å². The molecule has 1 amide bonds. The number of hydrogen-bond donors (Lipinski definition) is 1. The summed E-state index contributed by atoms with van der Waals surface area (Å²) in [5, 5.41) is 2.90. The van der Waals surface area contributed by atoms with Gasteiger partial charge in [0.15, 0.2) is 0 Å². The lowest BCUT2D eigenvalue weighted by Crippen LogP contribution is -2.48. The average molecular weight is 379 g/mol. The first-order chi connectivity index (χ1) is 13.7. The SMILES string of the molecule is O=C(NCCN1CCN(c2cccc3nccnc23)CC1)c1ccc(F)cc1. The topological polar surface area (TPSA) is 61.4 Å². The quantitative estimate of drug-likeness (QED) is 0.737. The molecule has 2 aromatic carbocycles. The van der Waals surface area contributed by atoms with Gasteiger partial charge < -0.3 is 10.2 Å². The van der Waals surface area contributed by atoms with Crippen molar-refractivity contribution in [1.29, 1.82) is 0 Å². The molecule has 1 aliphatic heterocycles. The van der Waals surface area contributed by atoms with Gasteiger partial charge in [-0.1, -0.05) is 6.07 Å². The first-order valence-electron chi connectivity index (χ1n) is 9.41. The van der Waals surface area contributed by atoms with Crippen molar-refractivity contribution < 1.29 is 9.18 Å². The Hall–Kier alpha value is -3.06. The Morgan fingerprint density at radius 1 is 1.00 bits per heavy atom. The van der Waals surface area contributed by atoms with Crippen LogP contribution in [-0.2, 0) is 0 Å². The fourth-order valence-corrected chi connectivity index (χ4v) is 3.48. The van der Waals surface area contributed by atoms with Crippen LogP contribution in [0.1, 0.15) is 10.4 Å². The Morgan fingerprint density at radius 2 is 1.75 bits per heavy atom. The number of rotatable bonds is 5. The Labute approximate surface area is 163 Å². The molecule has 1 aliphatic rings. The van der Waals surface area contributed by atoms with Crippen molar-refractivity contribution in [2.75, 3.05) is 44.2 Å². The van der Waals surface area contributed by atoms with Crippen LogP contribution in [0.3, 0.4) is 0 Å². The minimum atomic E-state index is -0.341. The molecule has 1 aromatic heterocycles. The Morgan fingerprint density at radius 3 is 2.54 bits per heavy atom. The highest BCUT2D eigenvalue weighted by atomic mass is 19.1. The smallest absolute Gasteiger partial charge is 0.251 e. The largest absolute Gasteiger partial charge is 0.367 e. The van der Waals surface area contributed by atoms with Crippen molar-refractivity contribution in [2.24, 2.45) is 0 Å². The van der Waals surface area contributed by atoms with Crippen molar-refractivity contribution in [2.45, 2.75) is 0 Å². The first kappa shape index (κ1) is 18.3. The zero-order valence-electron chi connectivity index (χ0n) is 15.5. The van der Waals surface area contributed by atoms with E-state index in [0.29, 0.717) is 12.1 Å². The normalized spacial score (nSPS) is 15.0. The van der Waals surface area contributed by atoms with Crippen molar-refractivity contribution in [1.82, 2.24) is 20.2 Å². The van der Waals surface area contributed by atoms with Crippen molar-refractivity contribution in [3.63, 3.8) is 0 Å².